The SMILES string of the molecule is COc1ccccc1CCNC(=O)CSc1cc(N2CCN(c3ccccc3F)CC2)ncn1. The number of hydrogen-bond donors (Lipinski definition) is 1. The van der Waals surface area contributed by atoms with Crippen LogP contribution in [0.3, 0.4) is 0 Å². The van der Waals surface area contributed by atoms with Crippen molar-refractivity contribution >= 4 is 29.2 Å². The molecule has 3 aromatic rings. The number of piperazine rings is 1. The molecule has 178 valence electrons. The van der Waals surface area contributed by atoms with Gasteiger partial charge in [0.05, 0.1) is 18.6 Å². The lowest BCUT2D eigenvalue weighted by Gasteiger charge is -2.36. The number of benzene rings is 2. The molecule has 0 aliphatic carbocycles. The Bertz CT molecular complexity index is 1110. The number of carbonyl (C=O) groups excluding carboxylic acids is 1. The molecule has 1 aliphatic rings. The van der Waals surface area contributed by atoms with Crippen LogP contribution in [0.25, 0.3) is 0 Å². The fourth-order valence-corrected chi connectivity index (χ4v) is 4.59. The Hall–Kier alpha value is -3.33. The predicted molar refractivity (Wildman–Crippen MR) is 133 cm³/mol. The first-order valence-electron chi connectivity index (χ1n) is 11.2. The van der Waals surface area contributed by atoms with Gasteiger partial charge in [0.2, 0.25) is 5.91 Å². The molecule has 2 heterocycles. The van der Waals surface area contributed by atoms with Crippen molar-refractivity contribution in [1.82, 2.24) is 15.3 Å². The Morgan fingerprint density at radius 1 is 1.06 bits per heavy atom. The third-order valence-electron chi connectivity index (χ3n) is 5.68. The normalized spacial score (nSPS) is 13.6. The van der Waals surface area contributed by atoms with Gasteiger partial charge in [-0.05, 0) is 30.2 Å². The summed E-state index contributed by atoms with van der Waals surface area (Å²) in [6.45, 7) is 3.43. The Labute approximate surface area is 203 Å². The van der Waals surface area contributed by atoms with Gasteiger partial charge in [0.15, 0.2) is 0 Å². The zero-order chi connectivity index (χ0) is 23.8. The number of halogens is 1. The van der Waals surface area contributed by atoms with E-state index in [9.17, 15) is 9.18 Å². The van der Waals surface area contributed by atoms with E-state index in [4.69, 9.17) is 4.74 Å². The van der Waals surface area contributed by atoms with E-state index in [1.54, 1.807) is 13.2 Å². The van der Waals surface area contributed by atoms with Crippen molar-refractivity contribution in [1.29, 1.82) is 0 Å². The van der Waals surface area contributed by atoms with Crippen molar-refractivity contribution < 1.29 is 13.9 Å². The van der Waals surface area contributed by atoms with Gasteiger partial charge in [-0.1, -0.05) is 42.1 Å². The van der Waals surface area contributed by atoms with Crippen molar-refractivity contribution in [3.05, 3.63) is 72.3 Å². The fraction of sp³-hybridized carbons (Fsp3) is 0.320. The molecule has 1 saturated heterocycles. The molecule has 7 nitrogen and oxygen atoms in total. The molecule has 9 heteroatoms. The number of hydrogen-bond acceptors (Lipinski definition) is 7. The van der Waals surface area contributed by atoms with E-state index in [1.807, 2.05) is 42.5 Å². The number of amides is 1. The largest absolute Gasteiger partial charge is 0.496 e. The Balaban J connectivity index is 1.24. The number of nitrogens with one attached hydrogen (secondary N) is 1. The van der Waals surface area contributed by atoms with Crippen LogP contribution in [0.15, 0.2) is 66.0 Å². The Kier molecular flexibility index (Phi) is 8.19. The van der Waals surface area contributed by atoms with Crippen molar-refractivity contribution in [3.8, 4) is 5.75 Å². The van der Waals surface area contributed by atoms with Crippen LogP contribution in [0, 0.1) is 5.82 Å². The van der Waals surface area contributed by atoms with Crippen LogP contribution in [0.1, 0.15) is 5.56 Å². The van der Waals surface area contributed by atoms with E-state index in [0.29, 0.717) is 31.7 Å². The molecular formula is C25H28FN5O2S. The number of rotatable bonds is 9. The second kappa shape index (κ2) is 11.7. The van der Waals surface area contributed by atoms with Crippen LogP contribution < -0.4 is 19.9 Å². The van der Waals surface area contributed by atoms with Crippen LogP contribution in [0.4, 0.5) is 15.9 Å². The Morgan fingerprint density at radius 2 is 1.79 bits per heavy atom. The molecule has 1 aromatic heterocycles. The maximum Gasteiger partial charge on any atom is 0.230 e. The quantitative estimate of drug-likeness (QED) is 0.371. The third kappa shape index (κ3) is 6.17. The average Bonchev–Trinajstić information content (AvgIpc) is 2.88. The summed E-state index contributed by atoms with van der Waals surface area (Å²) < 4.78 is 19.4. The van der Waals surface area contributed by atoms with Crippen molar-refractivity contribution in [3.63, 3.8) is 0 Å². The first-order valence-corrected chi connectivity index (χ1v) is 12.2. The lowest BCUT2D eigenvalue weighted by Crippen LogP contribution is -2.47. The van der Waals surface area contributed by atoms with Gasteiger partial charge in [-0.15, -0.1) is 0 Å². The number of nitrogens with zero attached hydrogens (tertiary/aromatic N) is 4. The van der Waals surface area contributed by atoms with E-state index in [2.05, 4.69) is 25.1 Å². The van der Waals surface area contributed by atoms with Gasteiger partial charge < -0.3 is 19.9 Å². The summed E-state index contributed by atoms with van der Waals surface area (Å²) in [5.74, 6) is 1.69. The maximum atomic E-state index is 14.1. The minimum Gasteiger partial charge on any atom is -0.496 e. The zero-order valence-electron chi connectivity index (χ0n) is 19.1. The monoisotopic (exact) mass is 481 g/mol. The Morgan fingerprint density at radius 3 is 2.59 bits per heavy atom. The molecule has 1 amide bonds. The molecule has 34 heavy (non-hydrogen) atoms. The lowest BCUT2D eigenvalue weighted by molar-refractivity contribution is -0.118. The van der Waals surface area contributed by atoms with Crippen LogP contribution in [-0.2, 0) is 11.2 Å². The molecule has 1 fully saturated rings. The number of anilines is 2. The summed E-state index contributed by atoms with van der Waals surface area (Å²) in [6, 6.07) is 16.6. The first-order chi connectivity index (χ1) is 16.6. The van der Waals surface area contributed by atoms with Crippen LogP contribution in [0.2, 0.25) is 0 Å². The highest BCUT2D eigenvalue weighted by Gasteiger charge is 2.20. The number of methoxy groups -OCH3 is 1. The minimum absolute atomic E-state index is 0.0430. The number of ether oxygens (including phenoxy) is 1. The minimum atomic E-state index is -0.196. The summed E-state index contributed by atoms with van der Waals surface area (Å²) in [7, 11) is 1.65. The van der Waals surface area contributed by atoms with Crippen molar-refractivity contribution in [2.45, 2.75) is 11.4 Å². The average molecular weight is 482 g/mol. The molecule has 1 aliphatic heterocycles. The van der Waals surface area contributed by atoms with Gasteiger partial charge in [-0.2, -0.15) is 0 Å². The smallest absolute Gasteiger partial charge is 0.230 e. The fourth-order valence-electron chi connectivity index (χ4n) is 3.90. The number of aromatic nitrogens is 2. The van der Waals surface area contributed by atoms with Gasteiger partial charge >= 0.3 is 0 Å². The highest BCUT2D eigenvalue weighted by Crippen LogP contribution is 2.24. The van der Waals surface area contributed by atoms with Gasteiger partial charge in [0, 0.05) is 38.8 Å². The summed E-state index contributed by atoms with van der Waals surface area (Å²) in [5.41, 5.74) is 1.70. The summed E-state index contributed by atoms with van der Waals surface area (Å²) in [4.78, 5) is 25.2. The number of thioether (sulfide) groups is 1. The van der Waals surface area contributed by atoms with Gasteiger partial charge in [-0.25, -0.2) is 14.4 Å². The number of para-hydroxylation sites is 2. The lowest BCUT2D eigenvalue weighted by atomic mass is 10.1. The van der Waals surface area contributed by atoms with Crippen molar-refractivity contribution in [2.24, 2.45) is 0 Å². The first kappa shape index (κ1) is 23.8. The molecule has 0 unspecified atom stereocenters. The van der Waals surface area contributed by atoms with E-state index in [-0.39, 0.29) is 17.5 Å². The maximum absolute atomic E-state index is 14.1. The highest BCUT2D eigenvalue weighted by molar-refractivity contribution is 7.99. The van der Waals surface area contributed by atoms with E-state index in [1.165, 1.54) is 24.2 Å². The van der Waals surface area contributed by atoms with E-state index >= 15 is 0 Å². The molecular weight excluding hydrogens is 453 g/mol. The number of carbonyl (C=O) groups is 1. The highest BCUT2D eigenvalue weighted by atomic mass is 32.2. The molecule has 0 atom stereocenters. The van der Waals surface area contributed by atoms with E-state index in [0.717, 1.165) is 35.2 Å². The second-order valence-corrected chi connectivity index (χ2v) is 8.84. The van der Waals surface area contributed by atoms with Gasteiger partial charge in [0.1, 0.15) is 28.7 Å². The molecule has 4 rings (SSSR count). The van der Waals surface area contributed by atoms with Gasteiger partial charge in [-0.3, -0.25) is 4.79 Å². The predicted octanol–water partition coefficient (Wildman–Crippen LogP) is 3.40. The summed E-state index contributed by atoms with van der Waals surface area (Å²) in [5, 5.41) is 3.70. The molecule has 0 spiro atoms. The summed E-state index contributed by atoms with van der Waals surface area (Å²) >= 11 is 1.39. The van der Waals surface area contributed by atoms with Crippen LogP contribution in [0.5, 0.6) is 5.75 Å². The third-order valence-corrected chi connectivity index (χ3v) is 6.61. The molecule has 0 radical (unpaired) electrons. The standard InChI is InChI=1S/C25H28FN5O2S/c1-33-22-9-5-2-6-19(22)10-11-27-24(32)17-34-25-16-23(28-18-29-25)31-14-12-30(13-15-31)21-8-4-3-7-20(21)26/h2-9,16,18H,10-15,17H2,1H3,(H,27,32). The van der Waals surface area contributed by atoms with Crippen LogP contribution in [-0.4, -0.2) is 61.5 Å². The second-order valence-electron chi connectivity index (χ2n) is 7.84. The topological polar surface area (TPSA) is 70.6 Å². The van der Waals surface area contributed by atoms with Crippen LogP contribution >= 0.6 is 11.8 Å². The molecule has 1 N–H and O–H groups in total. The molecule has 2 aromatic carbocycles. The van der Waals surface area contributed by atoms with Crippen molar-refractivity contribution in [2.75, 3.05) is 55.4 Å². The molecule has 0 saturated carbocycles. The molecule has 0 bridgehead atoms. The zero-order valence-corrected chi connectivity index (χ0v) is 19.9. The summed E-state index contributed by atoms with van der Waals surface area (Å²) in [6.07, 6.45) is 2.23. The van der Waals surface area contributed by atoms with Gasteiger partial charge in [0.25, 0.3) is 0 Å². The van der Waals surface area contributed by atoms with E-state index < -0.39 is 0 Å².